The molecule has 0 aliphatic carbocycles. The molecule has 13 nitrogen and oxygen atoms in total. The van der Waals surface area contributed by atoms with Gasteiger partial charge in [-0.1, -0.05) is 60.1 Å². The molecule has 0 radical (unpaired) electrons. The predicted molar refractivity (Wildman–Crippen MR) is 202 cm³/mol. The summed E-state index contributed by atoms with van der Waals surface area (Å²) in [6, 6.07) is 29.0. The molecular formula is C42H39N5O8. The van der Waals surface area contributed by atoms with E-state index in [2.05, 4.69) is 44.9 Å². The van der Waals surface area contributed by atoms with Gasteiger partial charge < -0.3 is 26.4 Å². The SMILES string of the molecule is O=C(CCCC(=O)NC[C@H](NC(=O)c1ccc(C#Cc2ccccc2)cc1)C(=O)NO)NC[C@H](NC(=O)c1ccc(C#Cc2ccccc2)cc1)C(=O)CO. The molecule has 0 saturated carbocycles. The fraction of sp³-hybridized carbons (Fsp3) is 0.190. The molecule has 13 heteroatoms. The van der Waals surface area contributed by atoms with Crippen molar-refractivity contribution in [3.05, 3.63) is 143 Å². The number of Topliss-reactive ketones (excluding diaryl/α,β-unsaturated/α-hetero) is 1. The van der Waals surface area contributed by atoms with E-state index >= 15 is 0 Å². The van der Waals surface area contributed by atoms with Gasteiger partial charge in [0.15, 0.2) is 5.78 Å². The van der Waals surface area contributed by atoms with Crippen LogP contribution in [0.25, 0.3) is 0 Å². The zero-order chi connectivity index (χ0) is 39.4. The van der Waals surface area contributed by atoms with E-state index in [9.17, 15) is 33.9 Å². The largest absolute Gasteiger partial charge is 0.388 e. The summed E-state index contributed by atoms with van der Waals surface area (Å²) in [6.45, 7) is -1.50. The zero-order valence-corrected chi connectivity index (χ0v) is 29.6. The summed E-state index contributed by atoms with van der Waals surface area (Å²) < 4.78 is 0. The first-order chi connectivity index (χ1) is 26.6. The van der Waals surface area contributed by atoms with Gasteiger partial charge in [-0.05, 0) is 79.2 Å². The summed E-state index contributed by atoms with van der Waals surface area (Å²) >= 11 is 0. The fourth-order valence-corrected chi connectivity index (χ4v) is 4.89. The maximum Gasteiger partial charge on any atom is 0.267 e. The Kier molecular flexibility index (Phi) is 15.9. The van der Waals surface area contributed by atoms with Gasteiger partial charge in [0.2, 0.25) is 11.8 Å². The van der Waals surface area contributed by atoms with Crippen molar-refractivity contribution < 1.29 is 39.1 Å². The van der Waals surface area contributed by atoms with Gasteiger partial charge in [0.1, 0.15) is 18.7 Å². The summed E-state index contributed by atoms with van der Waals surface area (Å²) in [5, 5.41) is 28.6. The van der Waals surface area contributed by atoms with Gasteiger partial charge in [0.25, 0.3) is 17.7 Å². The number of carbonyl (C=O) groups excluding carboxylic acids is 6. The maximum absolute atomic E-state index is 12.8. The molecule has 0 aliphatic rings. The van der Waals surface area contributed by atoms with Crippen LogP contribution in [0.15, 0.2) is 109 Å². The molecule has 4 aromatic carbocycles. The van der Waals surface area contributed by atoms with E-state index in [4.69, 9.17) is 5.21 Å². The van der Waals surface area contributed by atoms with Crippen LogP contribution in [-0.4, -0.2) is 77.4 Å². The number of benzene rings is 4. The minimum atomic E-state index is -1.32. The number of hydroxylamine groups is 1. The predicted octanol–water partition coefficient (Wildman–Crippen LogP) is 1.85. The number of amides is 5. The van der Waals surface area contributed by atoms with E-state index < -0.39 is 54.0 Å². The first-order valence-electron chi connectivity index (χ1n) is 17.2. The third kappa shape index (κ3) is 13.8. The van der Waals surface area contributed by atoms with E-state index in [1.54, 1.807) is 36.4 Å². The van der Waals surface area contributed by atoms with E-state index in [0.29, 0.717) is 11.1 Å². The van der Waals surface area contributed by atoms with Gasteiger partial charge >= 0.3 is 0 Å². The summed E-state index contributed by atoms with van der Waals surface area (Å²) in [7, 11) is 0. The van der Waals surface area contributed by atoms with Crippen LogP contribution in [0.2, 0.25) is 0 Å². The molecule has 0 bridgehead atoms. The van der Waals surface area contributed by atoms with Gasteiger partial charge in [-0.3, -0.25) is 34.0 Å². The Morgan fingerprint density at radius 2 is 0.909 bits per heavy atom. The lowest BCUT2D eigenvalue weighted by Crippen LogP contribution is -2.52. The highest BCUT2D eigenvalue weighted by Gasteiger charge is 2.23. The number of carbonyl (C=O) groups is 6. The lowest BCUT2D eigenvalue weighted by Gasteiger charge is -2.18. The van der Waals surface area contributed by atoms with Gasteiger partial charge in [0.05, 0.1) is 0 Å². The molecule has 2 atom stereocenters. The summed E-state index contributed by atoms with van der Waals surface area (Å²) in [4.78, 5) is 75.2. The highest BCUT2D eigenvalue weighted by atomic mass is 16.5. The number of aliphatic hydroxyl groups is 1. The number of hydrogen-bond acceptors (Lipinski definition) is 8. The smallest absolute Gasteiger partial charge is 0.267 e. The zero-order valence-electron chi connectivity index (χ0n) is 29.6. The molecule has 0 aromatic heterocycles. The van der Waals surface area contributed by atoms with Gasteiger partial charge in [-0.2, -0.15) is 0 Å². The highest BCUT2D eigenvalue weighted by molar-refractivity contribution is 5.99. The summed E-state index contributed by atoms with van der Waals surface area (Å²) in [5.74, 6) is 8.12. The Labute approximate surface area is 317 Å². The van der Waals surface area contributed by atoms with E-state index in [1.165, 1.54) is 17.6 Å². The first kappa shape index (κ1) is 40.7. The molecule has 5 amide bonds. The lowest BCUT2D eigenvalue weighted by molar-refractivity contribution is -0.131. The Morgan fingerprint density at radius 3 is 1.31 bits per heavy atom. The van der Waals surface area contributed by atoms with Crippen molar-refractivity contribution in [1.29, 1.82) is 0 Å². The summed E-state index contributed by atoms with van der Waals surface area (Å²) in [5.41, 5.74) is 4.95. The molecule has 0 aliphatic heterocycles. The lowest BCUT2D eigenvalue weighted by atomic mass is 10.1. The van der Waals surface area contributed by atoms with Crippen molar-refractivity contribution in [1.82, 2.24) is 26.7 Å². The van der Waals surface area contributed by atoms with E-state index in [0.717, 1.165) is 11.1 Å². The number of rotatable bonds is 15. The van der Waals surface area contributed by atoms with Gasteiger partial charge in [0, 0.05) is 59.3 Å². The van der Waals surface area contributed by atoms with Crippen LogP contribution in [0.5, 0.6) is 0 Å². The minimum absolute atomic E-state index is 0.0882. The normalized spacial score (nSPS) is 11.2. The van der Waals surface area contributed by atoms with Crippen LogP contribution in [0, 0.1) is 23.7 Å². The molecular weight excluding hydrogens is 702 g/mol. The molecule has 0 saturated heterocycles. The molecule has 4 rings (SSSR count). The molecule has 280 valence electrons. The fourth-order valence-electron chi connectivity index (χ4n) is 4.89. The second kappa shape index (κ2) is 21.5. The van der Waals surface area contributed by atoms with Crippen molar-refractivity contribution in [3.63, 3.8) is 0 Å². The highest BCUT2D eigenvalue weighted by Crippen LogP contribution is 2.07. The number of aliphatic hydroxyl groups excluding tert-OH is 1. The van der Waals surface area contributed by atoms with Crippen LogP contribution in [-0.2, 0) is 19.2 Å². The van der Waals surface area contributed by atoms with Crippen molar-refractivity contribution in [2.75, 3.05) is 19.7 Å². The van der Waals surface area contributed by atoms with Crippen LogP contribution in [0.3, 0.4) is 0 Å². The Morgan fingerprint density at radius 1 is 0.527 bits per heavy atom. The number of hydrogen-bond donors (Lipinski definition) is 7. The second-order valence-electron chi connectivity index (χ2n) is 12.0. The van der Waals surface area contributed by atoms with Crippen molar-refractivity contribution >= 4 is 35.3 Å². The van der Waals surface area contributed by atoms with Crippen LogP contribution < -0.4 is 26.7 Å². The van der Waals surface area contributed by atoms with Crippen molar-refractivity contribution in [2.24, 2.45) is 0 Å². The maximum atomic E-state index is 12.8. The third-order valence-electron chi connectivity index (χ3n) is 7.94. The van der Waals surface area contributed by atoms with E-state index in [1.807, 2.05) is 60.7 Å². The molecule has 7 N–H and O–H groups in total. The Balaban J connectivity index is 1.19. The average Bonchev–Trinajstić information content (AvgIpc) is 3.22. The molecule has 4 aromatic rings. The van der Waals surface area contributed by atoms with Crippen LogP contribution in [0.4, 0.5) is 0 Å². The minimum Gasteiger partial charge on any atom is -0.388 e. The monoisotopic (exact) mass is 741 g/mol. The number of nitrogens with one attached hydrogen (secondary N) is 5. The second-order valence-corrected chi connectivity index (χ2v) is 12.0. The standard InChI is InChI=1S/C42H39N5O8/c48-28-37(49)35(45-40(52)33-22-18-31(19-23-33)16-14-29-8-3-1-4-9-29)26-43-38(50)12-7-13-39(51)44-27-36(42(54)47-55)46-41(53)34-24-20-32(21-25-34)17-15-30-10-5-2-6-11-30/h1-6,8-11,18-25,35-36,48,55H,7,12-13,26-28H2,(H,43,50)(H,44,51)(H,45,52)(H,46,53)(H,47,54)/t35-,36-/m0/s1. The van der Waals surface area contributed by atoms with Crippen molar-refractivity contribution in [3.8, 4) is 23.7 Å². The molecule has 0 fully saturated rings. The molecule has 0 heterocycles. The van der Waals surface area contributed by atoms with Crippen LogP contribution >= 0.6 is 0 Å². The van der Waals surface area contributed by atoms with Crippen molar-refractivity contribution in [2.45, 2.75) is 31.3 Å². The Hall–Kier alpha value is -7.06. The van der Waals surface area contributed by atoms with Gasteiger partial charge in [-0.25, -0.2) is 5.48 Å². The quantitative estimate of drug-likeness (QED) is 0.0543. The first-order valence-corrected chi connectivity index (χ1v) is 17.2. The number of ketones is 1. The van der Waals surface area contributed by atoms with Gasteiger partial charge in [-0.15, -0.1) is 0 Å². The third-order valence-corrected chi connectivity index (χ3v) is 7.94. The van der Waals surface area contributed by atoms with Crippen LogP contribution in [0.1, 0.15) is 62.2 Å². The molecule has 55 heavy (non-hydrogen) atoms. The van der Waals surface area contributed by atoms with E-state index in [-0.39, 0.29) is 43.5 Å². The molecule has 0 unspecified atom stereocenters. The topological polar surface area (TPSA) is 203 Å². The molecule has 0 spiro atoms. The Bertz CT molecular complexity index is 1930. The average molecular weight is 742 g/mol. The summed E-state index contributed by atoms with van der Waals surface area (Å²) in [6.07, 6.45) is -0.150.